The number of aliphatic carboxylic acids is 1. The molecule has 0 aromatic rings. The molecule has 0 amide bonds. The first-order valence-corrected chi connectivity index (χ1v) is 4.33. The van der Waals surface area contributed by atoms with E-state index in [1.54, 1.807) is 0 Å². The van der Waals surface area contributed by atoms with Crippen LogP contribution in [0.4, 0.5) is 0 Å². The Morgan fingerprint density at radius 1 is 1.38 bits per heavy atom. The Kier molecular flexibility index (Phi) is 3.88. The summed E-state index contributed by atoms with van der Waals surface area (Å²) in [5.74, 6) is -1.02. The zero-order valence-electron chi connectivity index (χ0n) is 8.50. The molecule has 0 saturated heterocycles. The van der Waals surface area contributed by atoms with Crippen LogP contribution in [-0.4, -0.2) is 28.3 Å². The van der Waals surface area contributed by atoms with Crippen molar-refractivity contribution in [2.24, 2.45) is 11.1 Å². The van der Waals surface area contributed by atoms with E-state index in [0.717, 1.165) is 0 Å². The fraction of sp³-hybridized carbons (Fsp3) is 0.889. The van der Waals surface area contributed by atoms with Crippen LogP contribution < -0.4 is 5.73 Å². The minimum Gasteiger partial charge on any atom is -0.481 e. The van der Waals surface area contributed by atoms with Crippen LogP contribution in [0.3, 0.4) is 0 Å². The topological polar surface area (TPSA) is 83.5 Å². The lowest BCUT2D eigenvalue weighted by molar-refractivity contribution is -0.143. The van der Waals surface area contributed by atoms with Gasteiger partial charge in [-0.25, -0.2) is 0 Å². The molecular formula is C9H19NO3. The Bertz CT molecular complexity index is 186. The first kappa shape index (κ1) is 12.4. The Morgan fingerprint density at radius 2 is 1.85 bits per heavy atom. The fourth-order valence-electron chi connectivity index (χ4n) is 1.48. The van der Waals surface area contributed by atoms with Gasteiger partial charge in [0.25, 0.3) is 0 Å². The fourth-order valence-corrected chi connectivity index (χ4v) is 1.48. The van der Waals surface area contributed by atoms with Gasteiger partial charge in [0.15, 0.2) is 0 Å². The molecule has 0 spiro atoms. The molecule has 0 aliphatic heterocycles. The average molecular weight is 189 g/mol. The van der Waals surface area contributed by atoms with Crippen LogP contribution in [0.2, 0.25) is 0 Å². The molecule has 4 heteroatoms. The molecule has 0 aliphatic rings. The summed E-state index contributed by atoms with van der Waals surface area (Å²) < 4.78 is 0. The summed E-state index contributed by atoms with van der Waals surface area (Å²) in [5.41, 5.74) is 3.95. The predicted octanol–water partition coefficient (Wildman–Crippen LogP) is 0.587. The van der Waals surface area contributed by atoms with E-state index in [4.69, 9.17) is 10.8 Å². The van der Waals surface area contributed by atoms with Crippen LogP contribution in [0, 0.1) is 5.41 Å². The van der Waals surface area contributed by atoms with Crippen molar-refractivity contribution in [3.05, 3.63) is 0 Å². The smallest absolute Gasteiger partial charge is 0.306 e. The van der Waals surface area contributed by atoms with Crippen molar-refractivity contribution in [3.63, 3.8) is 0 Å². The molecule has 0 heterocycles. The van der Waals surface area contributed by atoms with Gasteiger partial charge in [-0.15, -0.1) is 0 Å². The molecular weight excluding hydrogens is 170 g/mol. The molecule has 0 saturated carbocycles. The van der Waals surface area contributed by atoms with Gasteiger partial charge < -0.3 is 15.9 Å². The van der Waals surface area contributed by atoms with E-state index in [-0.39, 0.29) is 18.4 Å². The molecule has 13 heavy (non-hydrogen) atoms. The maximum absolute atomic E-state index is 10.4. The van der Waals surface area contributed by atoms with E-state index < -0.39 is 11.6 Å². The second-order valence-corrected chi connectivity index (χ2v) is 4.74. The number of carbonyl (C=O) groups is 1. The summed E-state index contributed by atoms with van der Waals surface area (Å²) in [6.07, 6.45) is 0.101. The molecule has 0 rings (SSSR count). The van der Waals surface area contributed by atoms with Gasteiger partial charge >= 0.3 is 5.97 Å². The lowest BCUT2D eigenvalue weighted by atomic mass is 9.80. The van der Waals surface area contributed by atoms with Gasteiger partial charge in [-0.3, -0.25) is 4.79 Å². The third-order valence-electron chi connectivity index (χ3n) is 1.72. The first-order chi connectivity index (χ1) is 5.68. The summed E-state index contributed by atoms with van der Waals surface area (Å²) in [5, 5.41) is 18.4. The number of rotatable bonds is 4. The van der Waals surface area contributed by atoms with Crippen LogP contribution in [0.25, 0.3) is 0 Å². The Morgan fingerprint density at radius 3 is 2.08 bits per heavy atom. The molecule has 1 unspecified atom stereocenters. The van der Waals surface area contributed by atoms with E-state index in [9.17, 15) is 9.90 Å². The van der Waals surface area contributed by atoms with Gasteiger partial charge in [-0.05, 0) is 11.8 Å². The number of carboxylic acid groups (broad SMARTS) is 1. The van der Waals surface area contributed by atoms with Gasteiger partial charge in [-0.1, -0.05) is 20.8 Å². The van der Waals surface area contributed by atoms with E-state index >= 15 is 0 Å². The highest BCUT2D eigenvalue weighted by Gasteiger charge is 2.33. The van der Waals surface area contributed by atoms with Crippen LogP contribution in [0.5, 0.6) is 0 Å². The summed E-state index contributed by atoms with van der Waals surface area (Å²) in [6, 6.07) is 0. The van der Waals surface area contributed by atoms with Crippen molar-refractivity contribution in [1.29, 1.82) is 0 Å². The first-order valence-electron chi connectivity index (χ1n) is 4.33. The minimum atomic E-state index is -1.27. The van der Waals surface area contributed by atoms with Crippen molar-refractivity contribution < 1.29 is 15.0 Å². The van der Waals surface area contributed by atoms with E-state index in [1.165, 1.54) is 0 Å². The molecule has 4 nitrogen and oxygen atoms in total. The lowest BCUT2D eigenvalue weighted by Crippen LogP contribution is -2.43. The Labute approximate surface area is 78.7 Å². The lowest BCUT2D eigenvalue weighted by Gasteiger charge is -2.32. The number of aliphatic hydroxyl groups is 1. The van der Waals surface area contributed by atoms with Gasteiger partial charge in [-0.2, -0.15) is 0 Å². The molecule has 0 aromatic carbocycles. The zero-order chi connectivity index (χ0) is 10.7. The molecule has 0 radical (unpaired) electrons. The van der Waals surface area contributed by atoms with Crippen molar-refractivity contribution in [1.82, 2.24) is 0 Å². The van der Waals surface area contributed by atoms with Crippen LogP contribution >= 0.6 is 0 Å². The van der Waals surface area contributed by atoms with Crippen molar-refractivity contribution in [3.8, 4) is 0 Å². The van der Waals surface area contributed by atoms with Crippen molar-refractivity contribution in [2.75, 3.05) is 6.54 Å². The molecule has 0 aromatic heterocycles. The predicted molar refractivity (Wildman–Crippen MR) is 50.3 cm³/mol. The quantitative estimate of drug-likeness (QED) is 0.604. The van der Waals surface area contributed by atoms with Gasteiger partial charge in [0, 0.05) is 6.54 Å². The zero-order valence-corrected chi connectivity index (χ0v) is 8.50. The van der Waals surface area contributed by atoms with E-state index in [1.807, 2.05) is 20.8 Å². The van der Waals surface area contributed by atoms with Crippen molar-refractivity contribution in [2.45, 2.75) is 39.2 Å². The minimum absolute atomic E-state index is 0.0173. The second-order valence-electron chi connectivity index (χ2n) is 4.74. The van der Waals surface area contributed by atoms with Gasteiger partial charge in [0.2, 0.25) is 0 Å². The third-order valence-corrected chi connectivity index (χ3v) is 1.72. The number of carboxylic acids is 1. The summed E-state index contributed by atoms with van der Waals surface area (Å²) in [4.78, 5) is 10.4. The number of nitrogens with two attached hydrogens (primary N) is 1. The summed E-state index contributed by atoms with van der Waals surface area (Å²) in [7, 11) is 0. The molecule has 1 atom stereocenters. The van der Waals surface area contributed by atoms with Gasteiger partial charge in [0.1, 0.15) is 0 Å². The molecule has 0 bridgehead atoms. The number of hydrogen-bond acceptors (Lipinski definition) is 3. The molecule has 78 valence electrons. The normalized spacial score (nSPS) is 16.7. The molecule has 0 aliphatic carbocycles. The highest BCUT2D eigenvalue weighted by Crippen LogP contribution is 2.28. The highest BCUT2D eigenvalue weighted by molar-refractivity contribution is 5.68. The standard InChI is InChI=1S/C9H19NO3/c1-8(2,3)5-9(13,6-10)4-7(11)12/h13H,4-6,10H2,1-3H3,(H,11,12). The SMILES string of the molecule is CC(C)(C)CC(O)(CN)CC(=O)O. The van der Waals surface area contributed by atoms with Gasteiger partial charge in [0.05, 0.1) is 12.0 Å². The highest BCUT2D eigenvalue weighted by atomic mass is 16.4. The number of hydrogen-bond donors (Lipinski definition) is 3. The van der Waals surface area contributed by atoms with Crippen LogP contribution in [-0.2, 0) is 4.79 Å². The van der Waals surface area contributed by atoms with Crippen LogP contribution in [0.15, 0.2) is 0 Å². The maximum Gasteiger partial charge on any atom is 0.306 e. The average Bonchev–Trinajstić information content (AvgIpc) is 1.81. The summed E-state index contributed by atoms with van der Waals surface area (Å²) in [6.45, 7) is 5.80. The largest absolute Gasteiger partial charge is 0.481 e. The van der Waals surface area contributed by atoms with E-state index in [2.05, 4.69) is 0 Å². The Hall–Kier alpha value is -0.610. The van der Waals surface area contributed by atoms with Crippen LogP contribution in [0.1, 0.15) is 33.6 Å². The Balaban J connectivity index is 4.36. The molecule has 4 N–H and O–H groups in total. The van der Waals surface area contributed by atoms with E-state index in [0.29, 0.717) is 6.42 Å². The monoisotopic (exact) mass is 189 g/mol. The summed E-state index contributed by atoms with van der Waals surface area (Å²) >= 11 is 0. The third kappa shape index (κ3) is 5.60. The second kappa shape index (κ2) is 4.07. The van der Waals surface area contributed by atoms with Crippen molar-refractivity contribution >= 4 is 5.97 Å². The molecule has 0 fully saturated rings. The maximum atomic E-state index is 10.4.